The summed E-state index contributed by atoms with van der Waals surface area (Å²) in [4.78, 5) is 25.5. The van der Waals surface area contributed by atoms with Crippen molar-refractivity contribution < 1.29 is 27.6 Å². The van der Waals surface area contributed by atoms with Gasteiger partial charge in [0.15, 0.2) is 0 Å². The van der Waals surface area contributed by atoms with E-state index in [1.807, 2.05) is 19.1 Å². The number of pyridine rings is 1. The summed E-state index contributed by atoms with van der Waals surface area (Å²) in [7, 11) is -4.19. The highest BCUT2D eigenvalue weighted by molar-refractivity contribution is 7.84. The first-order chi connectivity index (χ1) is 16.6. The maximum atomic E-state index is 13.2. The average Bonchev–Trinajstić information content (AvgIpc) is 3.37. The summed E-state index contributed by atoms with van der Waals surface area (Å²) in [5.41, 5.74) is 2.15. The van der Waals surface area contributed by atoms with E-state index in [9.17, 15) is 23.4 Å². The minimum atomic E-state index is -4.19. The number of carbonyl (C=O) groups excluding carboxylic acids is 1. The summed E-state index contributed by atoms with van der Waals surface area (Å²) in [5, 5.41) is 32.8. The first-order valence-corrected chi connectivity index (χ1v) is 12.2. The summed E-state index contributed by atoms with van der Waals surface area (Å²) in [6.45, 7) is 1.96. The Morgan fingerprint density at radius 3 is 2.83 bits per heavy atom. The second-order valence-corrected chi connectivity index (χ2v) is 9.56. The predicted octanol–water partition coefficient (Wildman–Crippen LogP) is -0.602. The van der Waals surface area contributed by atoms with Crippen molar-refractivity contribution in [2.24, 2.45) is 11.1 Å². The molecule has 0 bridgehead atoms. The molecule has 35 heavy (non-hydrogen) atoms. The van der Waals surface area contributed by atoms with E-state index in [0.717, 1.165) is 11.3 Å². The van der Waals surface area contributed by atoms with Gasteiger partial charge in [-0.1, -0.05) is 0 Å². The molecular weight excluding hydrogens is 478 g/mol. The zero-order valence-corrected chi connectivity index (χ0v) is 19.5. The number of nitrogens with two attached hydrogens (primary N) is 1. The minimum absolute atomic E-state index is 0.123. The smallest absolute Gasteiger partial charge is 0.333 e. The Morgan fingerprint density at radius 2 is 2.09 bits per heavy atom. The van der Waals surface area contributed by atoms with Crippen molar-refractivity contribution in [3.8, 4) is 0 Å². The number of nitrogens with one attached hydrogen (secondary N) is 1. The maximum absolute atomic E-state index is 13.2. The number of nitrogens with zero attached hydrogens (tertiary/aromatic N) is 5. The van der Waals surface area contributed by atoms with Gasteiger partial charge >= 0.3 is 10.3 Å². The van der Waals surface area contributed by atoms with Crippen molar-refractivity contribution in [3.63, 3.8) is 0 Å². The molecule has 0 radical (unpaired) electrons. The van der Waals surface area contributed by atoms with Gasteiger partial charge in [-0.15, -0.1) is 0 Å². The fourth-order valence-electron chi connectivity index (χ4n) is 3.96. The first kappa shape index (κ1) is 24.8. The summed E-state index contributed by atoms with van der Waals surface area (Å²) < 4.78 is 28.3. The van der Waals surface area contributed by atoms with E-state index in [1.54, 1.807) is 23.1 Å². The number of hydrogen-bond acceptors (Lipinski definition) is 11. The second kappa shape index (κ2) is 10.1. The number of aliphatic hydroxyl groups is 2. The number of carbonyl (C=O) groups is 1. The minimum Gasteiger partial charge on any atom is -0.390 e. The van der Waals surface area contributed by atoms with Gasteiger partial charge in [-0.3, -0.25) is 18.6 Å². The number of aromatic nitrogens is 5. The van der Waals surface area contributed by atoms with Crippen LogP contribution in [-0.4, -0.2) is 74.0 Å². The molecular formula is C21H25N7O6S. The van der Waals surface area contributed by atoms with E-state index in [0.29, 0.717) is 6.54 Å². The molecule has 0 aliphatic heterocycles. The van der Waals surface area contributed by atoms with Crippen LogP contribution >= 0.6 is 0 Å². The highest BCUT2D eigenvalue weighted by Crippen LogP contribution is 2.30. The Hall–Kier alpha value is -3.30. The molecule has 14 heteroatoms. The third-order valence-corrected chi connectivity index (χ3v) is 6.16. The van der Waals surface area contributed by atoms with Gasteiger partial charge in [-0.25, -0.2) is 15.1 Å². The van der Waals surface area contributed by atoms with Crippen molar-refractivity contribution in [2.75, 3.05) is 11.9 Å². The van der Waals surface area contributed by atoms with Gasteiger partial charge in [0.05, 0.1) is 36.6 Å². The SMILES string of the molecule is Cc1ccnc(Cn2ccc(C(=O)c3cncnc3N[C@@H]3C[C@H](COS(N)(=O)=O)[C@@H](O)[C@H]3O)n2)c1. The summed E-state index contributed by atoms with van der Waals surface area (Å²) in [6, 6.07) is 4.66. The molecule has 0 aromatic carbocycles. The van der Waals surface area contributed by atoms with Gasteiger partial charge in [0.1, 0.15) is 23.9 Å². The first-order valence-electron chi connectivity index (χ1n) is 10.7. The molecule has 0 saturated heterocycles. The summed E-state index contributed by atoms with van der Waals surface area (Å²) >= 11 is 0. The lowest BCUT2D eigenvalue weighted by molar-refractivity contribution is 0.00778. The van der Waals surface area contributed by atoms with Crippen molar-refractivity contribution in [2.45, 2.75) is 38.1 Å². The molecule has 1 aliphatic carbocycles. The van der Waals surface area contributed by atoms with E-state index >= 15 is 0 Å². The van der Waals surface area contributed by atoms with Crippen LogP contribution in [0.1, 0.15) is 33.7 Å². The molecule has 4 rings (SSSR count). The lowest BCUT2D eigenvalue weighted by atomic mass is 10.1. The zero-order valence-electron chi connectivity index (χ0n) is 18.7. The molecule has 1 saturated carbocycles. The molecule has 0 unspecified atom stereocenters. The second-order valence-electron chi connectivity index (χ2n) is 8.34. The Balaban J connectivity index is 1.47. The van der Waals surface area contributed by atoms with Crippen LogP contribution < -0.4 is 10.5 Å². The van der Waals surface area contributed by atoms with E-state index < -0.39 is 46.9 Å². The topological polar surface area (TPSA) is 195 Å². The number of ketones is 1. The Morgan fingerprint density at radius 1 is 1.29 bits per heavy atom. The van der Waals surface area contributed by atoms with Crippen LogP contribution in [0.15, 0.2) is 43.1 Å². The number of aliphatic hydroxyl groups excluding tert-OH is 2. The van der Waals surface area contributed by atoms with Gasteiger partial charge in [-0.2, -0.15) is 13.5 Å². The van der Waals surface area contributed by atoms with Crippen LogP contribution in [0.2, 0.25) is 0 Å². The molecule has 3 aromatic heterocycles. The number of hydrogen-bond donors (Lipinski definition) is 4. The molecule has 13 nitrogen and oxygen atoms in total. The Kier molecular flexibility index (Phi) is 7.18. The van der Waals surface area contributed by atoms with Crippen molar-refractivity contribution in [1.29, 1.82) is 0 Å². The highest BCUT2D eigenvalue weighted by Gasteiger charge is 2.42. The van der Waals surface area contributed by atoms with Crippen molar-refractivity contribution >= 4 is 21.9 Å². The molecule has 4 atom stereocenters. The van der Waals surface area contributed by atoms with Gasteiger partial charge in [0, 0.05) is 24.5 Å². The molecule has 186 valence electrons. The summed E-state index contributed by atoms with van der Waals surface area (Å²) in [6.07, 6.45) is 3.57. The van der Waals surface area contributed by atoms with Crippen LogP contribution in [0.25, 0.3) is 0 Å². The van der Waals surface area contributed by atoms with E-state index in [1.165, 1.54) is 12.5 Å². The van der Waals surface area contributed by atoms with Crippen LogP contribution in [0.4, 0.5) is 5.82 Å². The lowest BCUT2D eigenvalue weighted by Crippen LogP contribution is -2.36. The monoisotopic (exact) mass is 503 g/mol. The van der Waals surface area contributed by atoms with E-state index in [4.69, 9.17) is 5.14 Å². The van der Waals surface area contributed by atoms with Gasteiger partial charge in [0.2, 0.25) is 5.78 Å². The third-order valence-electron chi connectivity index (χ3n) is 5.70. The van der Waals surface area contributed by atoms with Crippen LogP contribution in [0.5, 0.6) is 0 Å². The molecule has 3 heterocycles. The third kappa shape index (κ3) is 6.04. The fraction of sp³-hybridized carbons (Fsp3) is 0.381. The quantitative estimate of drug-likeness (QED) is 0.272. The molecule has 1 aliphatic rings. The fourth-order valence-corrected chi connectivity index (χ4v) is 4.33. The van der Waals surface area contributed by atoms with Gasteiger partial charge in [0.25, 0.3) is 0 Å². The maximum Gasteiger partial charge on any atom is 0.333 e. The Bertz CT molecular complexity index is 1310. The number of anilines is 1. The normalized spacial score (nSPS) is 22.3. The van der Waals surface area contributed by atoms with Crippen molar-refractivity contribution in [3.05, 3.63) is 65.6 Å². The lowest BCUT2D eigenvalue weighted by Gasteiger charge is -2.19. The van der Waals surface area contributed by atoms with E-state index in [2.05, 4.69) is 29.6 Å². The number of aryl methyl sites for hydroxylation is 1. The van der Waals surface area contributed by atoms with Crippen LogP contribution in [0, 0.1) is 12.8 Å². The van der Waals surface area contributed by atoms with Crippen LogP contribution in [0.3, 0.4) is 0 Å². The molecule has 0 spiro atoms. The molecule has 3 aromatic rings. The largest absolute Gasteiger partial charge is 0.390 e. The molecule has 0 amide bonds. The standard InChI is InChI=1S/C21H25N7O6S/c1-12-2-4-24-14(6-12)9-28-5-3-16(27-28)19(30)15-8-23-11-25-21(15)26-17-7-13(18(29)20(17)31)10-34-35(22,32)33/h2-6,8,11,13,17-18,20,29,31H,7,9-10H2,1H3,(H2,22,32,33)(H,23,25,26)/t13-,17-,18-,20+/m1/s1. The molecule has 1 fully saturated rings. The predicted molar refractivity (Wildman–Crippen MR) is 122 cm³/mol. The Labute approximate surface area is 201 Å². The average molecular weight is 504 g/mol. The van der Waals surface area contributed by atoms with Crippen molar-refractivity contribution in [1.82, 2.24) is 24.7 Å². The van der Waals surface area contributed by atoms with Gasteiger partial charge < -0.3 is 15.5 Å². The highest BCUT2D eigenvalue weighted by atomic mass is 32.2. The van der Waals surface area contributed by atoms with E-state index in [-0.39, 0.29) is 23.5 Å². The van der Waals surface area contributed by atoms with Gasteiger partial charge in [-0.05, 0) is 37.1 Å². The molecule has 5 N–H and O–H groups in total. The number of rotatable bonds is 9. The summed E-state index contributed by atoms with van der Waals surface area (Å²) in [5.74, 6) is -0.997. The van der Waals surface area contributed by atoms with Crippen LogP contribution in [-0.2, 0) is 21.0 Å². The zero-order chi connectivity index (χ0) is 25.2.